The minimum absolute atomic E-state index is 0.156. The van der Waals surface area contributed by atoms with Gasteiger partial charge in [-0.05, 0) is 26.0 Å². The van der Waals surface area contributed by atoms with E-state index in [9.17, 15) is 4.39 Å². The van der Waals surface area contributed by atoms with Crippen molar-refractivity contribution in [2.24, 2.45) is 0 Å². The summed E-state index contributed by atoms with van der Waals surface area (Å²) < 4.78 is 19.1. The molecule has 1 aromatic heterocycles. The maximum absolute atomic E-state index is 14.1. The molecule has 5 heteroatoms. The van der Waals surface area contributed by atoms with Gasteiger partial charge in [0.25, 0.3) is 0 Å². The summed E-state index contributed by atoms with van der Waals surface area (Å²) in [5.74, 6) is -0.331. The zero-order valence-corrected chi connectivity index (χ0v) is 11.0. The van der Waals surface area contributed by atoms with E-state index in [1.165, 1.54) is 7.11 Å². The summed E-state index contributed by atoms with van der Waals surface area (Å²) in [6.45, 7) is 3.61. The van der Waals surface area contributed by atoms with Crippen molar-refractivity contribution in [2.45, 2.75) is 13.8 Å². The quantitative estimate of drug-likeness (QED) is 0.834. The van der Waals surface area contributed by atoms with Crippen molar-refractivity contribution in [1.29, 1.82) is 0 Å². The maximum atomic E-state index is 14.1. The number of aryl methyl sites for hydroxylation is 2. The first-order valence-electron chi connectivity index (χ1n) is 5.38. The lowest BCUT2D eigenvalue weighted by molar-refractivity contribution is 0.387. The molecule has 18 heavy (non-hydrogen) atoms. The highest BCUT2D eigenvalue weighted by Gasteiger charge is 2.16. The number of hydrogen-bond donors (Lipinski definition) is 0. The summed E-state index contributed by atoms with van der Waals surface area (Å²) in [5, 5.41) is 0.185. The standard InChI is InChI=1S/C13H12ClFN2O/c1-7-8(2)17-13(14)12(16-7)9-5-4-6-10(18-3)11(9)15/h4-6H,1-3H3. The monoisotopic (exact) mass is 266 g/mol. The van der Waals surface area contributed by atoms with Gasteiger partial charge in [0.05, 0.1) is 18.5 Å². The molecule has 94 valence electrons. The normalized spacial score (nSPS) is 10.5. The molecule has 0 N–H and O–H groups in total. The minimum atomic E-state index is -0.487. The third-order valence-electron chi connectivity index (χ3n) is 2.70. The first kappa shape index (κ1) is 12.8. The molecule has 0 aliphatic heterocycles. The molecule has 0 unspecified atom stereocenters. The second-order valence-electron chi connectivity index (χ2n) is 3.86. The molecule has 0 bridgehead atoms. The summed E-state index contributed by atoms with van der Waals surface area (Å²) in [5.41, 5.74) is 2.06. The van der Waals surface area contributed by atoms with Crippen molar-refractivity contribution in [2.75, 3.05) is 7.11 Å². The number of halogens is 2. The Morgan fingerprint density at radius 2 is 1.83 bits per heavy atom. The molecule has 0 saturated heterocycles. The van der Waals surface area contributed by atoms with E-state index in [0.29, 0.717) is 5.69 Å². The molecular formula is C13H12ClFN2O. The Balaban J connectivity index is 2.66. The number of methoxy groups -OCH3 is 1. The van der Waals surface area contributed by atoms with Crippen molar-refractivity contribution in [3.8, 4) is 17.0 Å². The molecular weight excluding hydrogens is 255 g/mol. The van der Waals surface area contributed by atoms with Crippen molar-refractivity contribution in [3.63, 3.8) is 0 Å². The van der Waals surface area contributed by atoms with E-state index in [2.05, 4.69) is 9.97 Å². The molecule has 1 aromatic carbocycles. The van der Waals surface area contributed by atoms with Gasteiger partial charge < -0.3 is 4.74 Å². The first-order valence-corrected chi connectivity index (χ1v) is 5.76. The molecule has 0 aliphatic carbocycles. The third-order valence-corrected chi connectivity index (χ3v) is 2.97. The van der Waals surface area contributed by atoms with Crippen LogP contribution in [0.4, 0.5) is 4.39 Å². The van der Waals surface area contributed by atoms with Gasteiger partial charge in [-0.3, -0.25) is 0 Å². The highest BCUT2D eigenvalue weighted by molar-refractivity contribution is 6.31. The van der Waals surface area contributed by atoms with Crippen LogP contribution in [0.1, 0.15) is 11.4 Å². The SMILES string of the molecule is COc1cccc(-c2nc(C)c(C)nc2Cl)c1F. The highest BCUT2D eigenvalue weighted by Crippen LogP contribution is 2.31. The van der Waals surface area contributed by atoms with E-state index in [4.69, 9.17) is 16.3 Å². The second kappa shape index (κ2) is 4.90. The fourth-order valence-corrected chi connectivity index (χ4v) is 1.87. The molecule has 0 spiro atoms. The smallest absolute Gasteiger partial charge is 0.174 e. The van der Waals surface area contributed by atoms with Crippen LogP contribution in [-0.2, 0) is 0 Å². The lowest BCUT2D eigenvalue weighted by Gasteiger charge is -2.09. The first-order chi connectivity index (χ1) is 8.54. The Morgan fingerprint density at radius 1 is 1.17 bits per heavy atom. The van der Waals surface area contributed by atoms with Crippen LogP contribution in [0.3, 0.4) is 0 Å². The lowest BCUT2D eigenvalue weighted by Crippen LogP contribution is -1.99. The average Bonchev–Trinajstić information content (AvgIpc) is 2.34. The van der Waals surface area contributed by atoms with Gasteiger partial charge in [0.15, 0.2) is 16.7 Å². The van der Waals surface area contributed by atoms with Crippen molar-refractivity contribution in [1.82, 2.24) is 9.97 Å². The molecule has 2 rings (SSSR count). The Hall–Kier alpha value is -1.68. The van der Waals surface area contributed by atoms with Crippen LogP contribution < -0.4 is 4.74 Å². The maximum Gasteiger partial charge on any atom is 0.174 e. The number of nitrogens with zero attached hydrogens (tertiary/aromatic N) is 2. The molecule has 0 aliphatic rings. The number of ether oxygens (including phenoxy) is 1. The summed E-state index contributed by atoms with van der Waals surface area (Å²) >= 11 is 6.02. The van der Waals surface area contributed by atoms with Crippen LogP contribution in [0.15, 0.2) is 18.2 Å². The Morgan fingerprint density at radius 3 is 2.50 bits per heavy atom. The van der Waals surface area contributed by atoms with Gasteiger partial charge in [-0.25, -0.2) is 14.4 Å². The van der Waals surface area contributed by atoms with Crippen LogP contribution >= 0.6 is 11.6 Å². The number of benzene rings is 1. The van der Waals surface area contributed by atoms with Crippen LogP contribution in [0, 0.1) is 19.7 Å². The van der Waals surface area contributed by atoms with Gasteiger partial charge in [-0.1, -0.05) is 17.7 Å². The van der Waals surface area contributed by atoms with Crippen molar-refractivity contribution in [3.05, 3.63) is 40.6 Å². The van der Waals surface area contributed by atoms with Gasteiger partial charge in [-0.2, -0.15) is 0 Å². The van der Waals surface area contributed by atoms with E-state index in [1.54, 1.807) is 32.0 Å². The number of rotatable bonds is 2. The summed E-state index contributed by atoms with van der Waals surface area (Å²) in [7, 11) is 1.41. The fourth-order valence-electron chi connectivity index (χ4n) is 1.60. The molecule has 3 nitrogen and oxygen atoms in total. The highest BCUT2D eigenvalue weighted by atomic mass is 35.5. The molecule has 1 heterocycles. The lowest BCUT2D eigenvalue weighted by atomic mass is 10.1. The topological polar surface area (TPSA) is 35.0 Å². The molecule has 0 radical (unpaired) electrons. The van der Waals surface area contributed by atoms with Gasteiger partial charge in [0.1, 0.15) is 5.69 Å². The number of hydrogen-bond acceptors (Lipinski definition) is 3. The summed E-state index contributed by atoms with van der Waals surface area (Å²) in [6, 6.07) is 4.83. The summed E-state index contributed by atoms with van der Waals surface area (Å²) in [6.07, 6.45) is 0. The summed E-state index contributed by atoms with van der Waals surface area (Å²) in [4.78, 5) is 8.43. The largest absolute Gasteiger partial charge is 0.494 e. The van der Waals surface area contributed by atoms with E-state index in [1.807, 2.05) is 0 Å². The van der Waals surface area contributed by atoms with Gasteiger partial charge >= 0.3 is 0 Å². The minimum Gasteiger partial charge on any atom is -0.494 e. The predicted octanol–water partition coefficient (Wildman–Crippen LogP) is 3.56. The molecule has 0 amide bonds. The molecule has 0 fully saturated rings. The van der Waals surface area contributed by atoms with Crippen molar-refractivity contribution >= 4 is 11.6 Å². The van der Waals surface area contributed by atoms with Gasteiger partial charge in [0.2, 0.25) is 0 Å². The molecule has 0 saturated carbocycles. The Bertz CT molecular complexity index is 602. The van der Waals surface area contributed by atoms with Gasteiger partial charge in [0, 0.05) is 5.56 Å². The van der Waals surface area contributed by atoms with E-state index in [-0.39, 0.29) is 16.5 Å². The zero-order chi connectivity index (χ0) is 13.3. The molecule has 2 aromatic rings. The second-order valence-corrected chi connectivity index (χ2v) is 4.21. The molecule has 0 atom stereocenters. The Labute approximate surface area is 110 Å². The average molecular weight is 267 g/mol. The Kier molecular flexibility index (Phi) is 3.48. The van der Waals surface area contributed by atoms with Crippen molar-refractivity contribution < 1.29 is 9.13 Å². The van der Waals surface area contributed by atoms with Crippen LogP contribution in [0.5, 0.6) is 5.75 Å². The van der Waals surface area contributed by atoms with Crippen LogP contribution in [-0.4, -0.2) is 17.1 Å². The van der Waals surface area contributed by atoms with E-state index >= 15 is 0 Å². The fraction of sp³-hybridized carbons (Fsp3) is 0.231. The predicted molar refractivity (Wildman–Crippen MR) is 68.5 cm³/mol. The third kappa shape index (κ3) is 2.16. The van der Waals surface area contributed by atoms with Crippen LogP contribution in [0.25, 0.3) is 11.3 Å². The van der Waals surface area contributed by atoms with Crippen LogP contribution in [0.2, 0.25) is 5.15 Å². The zero-order valence-electron chi connectivity index (χ0n) is 10.3. The van der Waals surface area contributed by atoms with Gasteiger partial charge in [-0.15, -0.1) is 0 Å². The van der Waals surface area contributed by atoms with E-state index < -0.39 is 5.82 Å². The van der Waals surface area contributed by atoms with E-state index in [0.717, 1.165) is 11.4 Å². The number of aromatic nitrogens is 2.